The quantitative estimate of drug-likeness (QED) is 0.871. The van der Waals surface area contributed by atoms with Gasteiger partial charge in [0.25, 0.3) is 0 Å². The predicted octanol–water partition coefficient (Wildman–Crippen LogP) is 2.05. The van der Waals surface area contributed by atoms with Gasteiger partial charge < -0.3 is 14.7 Å². The van der Waals surface area contributed by atoms with E-state index in [-0.39, 0.29) is 17.8 Å². The third kappa shape index (κ3) is 2.82. The molecule has 2 rings (SSSR count). The summed E-state index contributed by atoms with van der Waals surface area (Å²) in [6.45, 7) is 5.07. The maximum absolute atomic E-state index is 12.9. The van der Waals surface area contributed by atoms with Crippen molar-refractivity contribution in [3.8, 4) is 0 Å². The van der Waals surface area contributed by atoms with Gasteiger partial charge in [-0.1, -0.05) is 0 Å². The van der Waals surface area contributed by atoms with E-state index in [1.807, 2.05) is 0 Å². The van der Waals surface area contributed by atoms with Crippen molar-refractivity contribution in [3.63, 3.8) is 0 Å². The van der Waals surface area contributed by atoms with Crippen LogP contribution < -0.4 is 4.90 Å². The number of aliphatic hydroxyl groups excluding tert-OH is 1. The lowest BCUT2D eigenvalue weighted by molar-refractivity contribution is 0.0979. The second kappa shape index (κ2) is 5.67. The Kier molecular flexibility index (Phi) is 4.19. The monoisotopic (exact) mass is 253 g/mol. The van der Waals surface area contributed by atoms with Crippen LogP contribution in [0.5, 0.6) is 0 Å². The SMILES string of the molecule is CCN(CC1(CO)CCOC1)c1ccc(F)cc1. The normalized spacial score (nSPS) is 23.3. The van der Waals surface area contributed by atoms with E-state index in [1.165, 1.54) is 12.1 Å². The Hall–Kier alpha value is -1.13. The van der Waals surface area contributed by atoms with E-state index in [4.69, 9.17) is 4.74 Å². The number of hydrogen-bond acceptors (Lipinski definition) is 3. The minimum atomic E-state index is -0.226. The number of ether oxygens (including phenoxy) is 1. The fourth-order valence-corrected chi connectivity index (χ4v) is 2.39. The third-order valence-electron chi connectivity index (χ3n) is 3.62. The second-order valence-electron chi connectivity index (χ2n) is 4.95. The number of aliphatic hydroxyl groups is 1. The highest BCUT2D eigenvalue weighted by molar-refractivity contribution is 5.46. The molecule has 1 aromatic rings. The Bertz CT molecular complexity index is 374. The van der Waals surface area contributed by atoms with E-state index in [2.05, 4.69) is 11.8 Å². The molecule has 0 spiro atoms. The van der Waals surface area contributed by atoms with E-state index < -0.39 is 0 Å². The first-order valence-corrected chi connectivity index (χ1v) is 6.38. The largest absolute Gasteiger partial charge is 0.396 e. The molecule has 0 aromatic heterocycles. The van der Waals surface area contributed by atoms with E-state index in [9.17, 15) is 9.50 Å². The van der Waals surface area contributed by atoms with Crippen LogP contribution in [-0.2, 0) is 4.74 Å². The molecule has 18 heavy (non-hydrogen) atoms. The van der Waals surface area contributed by atoms with Crippen LogP contribution in [0.1, 0.15) is 13.3 Å². The van der Waals surface area contributed by atoms with Crippen molar-refractivity contribution < 1.29 is 14.2 Å². The van der Waals surface area contributed by atoms with E-state index in [0.717, 1.165) is 25.2 Å². The smallest absolute Gasteiger partial charge is 0.123 e. The zero-order valence-corrected chi connectivity index (χ0v) is 10.7. The Morgan fingerprint density at radius 2 is 2.11 bits per heavy atom. The van der Waals surface area contributed by atoms with Crippen molar-refractivity contribution in [1.29, 1.82) is 0 Å². The summed E-state index contributed by atoms with van der Waals surface area (Å²) in [5, 5.41) is 9.59. The van der Waals surface area contributed by atoms with Gasteiger partial charge >= 0.3 is 0 Å². The van der Waals surface area contributed by atoms with E-state index >= 15 is 0 Å². The average molecular weight is 253 g/mol. The molecule has 100 valence electrons. The van der Waals surface area contributed by atoms with Crippen molar-refractivity contribution >= 4 is 5.69 Å². The molecule has 0 radical (unpaired) electrons. The highest BCUT2D eigenvalue weighted by atomic mass is 19.1. The molecule has 1 aliphatic heterocycles. The molecule has 0 aliphatic carbocycles. The summed E-state index contributed by atoms with van der Waals surface area (Å²) in [7, 11) is 0. The van der Waals surface area contributed by atoms with Crippen LogP contribution in [0.25, 0.3) is 0 Å². The lowest BCUT2D eigenvalue weighted by Crippen LogP contribution is -2.41. The Balaban J connectivity index is 2.11. The fourth-order valence-electron chi connectivity index (χ4n) is 2.39. The number of halogens is 1. The van der Waals surface area contributed by atoms with Gasteiger partial charge in [-0.3, -0.25) is 0 Å². The van der Waals surface area contributed by atoms with Gasteiger partial charge in [-0.05, 0) is 37.6 Å². The molecule has 1 fully saturated rings. The first-order valence-electron chi connectivity index (χ1n) is 6.38. The fraction of sp³-hybridized carbons (Fsp3) is 0.571. The van der Waals surface area contributed by atoms with Crippen LogP contribution >= 0.6 is 0 Å². The topological polar surface area (TPSA) is 32.7 Å². The minimum Gasteiger partial charge on any atom is -0.396 e. The molecule has 1 unspecified atom stereocenters. The van der Waals surface area contributed by atoms with Gasteiger partial charge in [0.2, 0.25) is 0 Å². The highest BCUT2D eigenvalue weighted by Crippen LogP contribution is 2.30. The van der Waals surface area contributed by atoms with Crippen molar-refractivity contribution in [2.24, 2.45) is 5.41 Å². The second-order valence-corrected chi connectivity index (χ2v) is 4.95. The van der Waals surface area contributed by atoms with Gasteiger partial charge in [-0.2, -0.15) is 0 Å². The molecular weight excluding hydrogens is 233 g/mol. The van der Waals surface area contributed by atoms with E-state index in [1.54, 1.807) is 12.1 Å². The molecule has 1 aromatic carbocycles. The maximum atomic E-state index is 12.9. The molecule has 1 atom stereocenters. The number of nitrogens with zero attached hydrogens (tertiary/aromatic N) is 1. The lowest BCUT2D eigenvalue weighted by atomic mass is 9.87. The van der Waals surface area contributed by atoms with Crippen LogP contribution in [0.15, 0.2) is 24.3 Å². The summed E-state index contributed by atoms with van der Waals surface area (Å²) in [4.78, 5) is 2.16. The summed E-state index contributed by atoms with van der Waals surface area (Å²) in [5.74, 6) is -0.226. The first kappa shape index (κ1) is 13.3. The molecule has 0 saturated carbocycles. The maximum Gasteiger partial charge on any atom is 0.123 e. The average Bonchev–Trinajstić information content (AvgIpc) is 2.86. The Morgan fingerprint density at radius 1 is 1.39 bits per heavy atom. The number of anilines is 1. The van der Waals surface area contributed by atoms with Crippen LogP contribution in [0.3, 0.4) is 0 Å². The number of rotatable bonds is 5. The Morgan fingerprint density at radius 3 is 2.61 bits per heavy atom. The molecular formula is C14H20FNO2. The van der Waals surface area contributed by atoms with Crippen molar-refractivity contribution in [2.75, 3.05) is 37.8 Å². The molecule has 3 nitrogen and oxygen atoms in total. The zero-order valence-electron chi connectivity index (χ0n) is 10.7. The summed E-state index contributed by atoms with van der Waals surface area (Å²) < 4.78 is 18.3. The van der Waals surface area contributed by atoms with E-state index in [0.29, 0.717) is 13.2 Å². The first-order chi connectivity index (χ1) is 8.69. The minimum absolute atomic E-state index is 0.130. The highest BCUT2D eigenvalue weighted by Gasteiger charge is 2.36. The van der Waals surface area contributed by atoms with Crippen molar-refractivity contribution in [3.05, 3.63) is 30.1 Å². The number of benzene rings is 1. The molecule has 0 amide bonds. The summed E-state index contributed by atoms with van der Waals surface area (Å²) in [6, 6.07) is 6.49. The lowest BCUT2D eigenvalue weighted by Gasteiger charge is -2.33. The van der Waals surface area contributed by atoms with Crippen LogP contribution in [-0.4, -0.2) is 38.0 Å². The van der Waals surface area contributed by atoms with Gasteiger partial charge in [0.15, 0.2) is 0 Å². The molecule has 4 heteroatoms. The molecule has 1 aliphatic rings. The molecule has 1 saturated heterocycles. The van der Waals surface area contributed by atoms with Crippen LogP contribution in [0.2, 0.25) is 0 Å². The zero-order chi connectivity index (χ0) is 13.0. The Labute approximate surface area is 107 Å². The summed E-state index contributed by atoms with van der Waals surface area (Å²) >= 11 is 0. The molecule has 0 bridgehead atoms. The molecule has 1 N–H and O–H groups in total. The molecule has 1 heterocycles. The number of hydrogen-bond donors (Lipinski definition) is 1. The van der Waals surface area contributed by atoms with Gasteiger partial charge in [-0.25, -0.2) is 4.39 Å². The third-order valence-corrected chi connectivity index (χ3v) is 3.62. The van der Waals surface area contributed by atoms with Gasteiger partial charge in [-0.15, -0.1) is 0 Å². The summed E-state index contributed by atoms with van der Waals surface area (Å²) in [5.41, 5.74) is 0.809. The van der Waals surface area contributed by atoms with Gasteiger partial charge in [0.1, 0.15) is 5.82 Å². The summed E-state index contributed by atoms with van der Waals surface area (Å²) in [6.07, 6.45) is 0.876. The predicted molar refractivity (Wildman–Crippen MR) is 69.2 cm³/mol. The van der Waals surface area contributed by atoms with Crippen LogP contribution in [0.4, 0.5) is 10.1 Å². The van der Waals surface area contributed by atoms with Crippen LogP contribution in [0, 0.1) is 11.2 Å². The van der Waals surface area contributed by atoms with Gasteiger partial charge in [0, 0.05) is 30.8 Å². The van der Waals surface area contributed by atoms with Crippen molar-refractivity contribution in [1.82, 2.24) is 0 Å². The van der Waals surface area contributed by atoms with Gasteiger partial charge in [0.05, 0.1) is 13.2 Å². The van der Waals surface area contributed by atoms with Crippen molar-refractivity contribution in [2.45, 2.75) is 13.3 Å². The standard InChI is InChI=1S/C14H20FNO2/c1-2-16(13-5-3-12(15)4-6-13)9-14(10-17)7-8-18-11-14/h3-6,17H,2,7-11H2,1H3.